The fraction of sp³-hybridized carbons (Fsp3) is 0. The van der Waals surface area contributed by atoms with E-state index in [0.717, 1.165) is 5.69 Å². The monoisotopic (exact) mass is 231 g/mol. The van der Waals surface area contributed by atoms with Crippen molar-refractivity contribution in [3.05, 3.63) is 41.3 Å². The topological polar surface area (TPSA) is 74.5 Å². The Bertz CT molecular complexity index is 549. The molecule has 0 atom stereocenters. The second-order valence-corrected chi connectivity index (χ2v) is 3.27. The van der Waals surface area contributed by atoms with Crippen LogP contribution in [0.4, 0.5) is 11.5 Å². The predicted molar refractivity (Wildman–Crippen MR) is 59.3 cm³/mol. The summed E-state index contributed by atoms with van der Waals surface area (Å²) in [7, 11) is 0. The van der Waals surface area contributed by atoms with Gasteiger partial charge in [0.25, 0.3) is 0 Å². The van der Waals surface area contributed by atoms with Crippen molar-refractivity contribution in [3.8, 4) is 6.07 Å². The number of aromatic nitrogens is 3. The van der Waals surface area contributed by atoms with Gasteiger partial charge in [-0.3, -0.25) is 0 Å². The minimum Gasteiger partial charge on any atom is -0.339 e. The molecule has 78 valence electrons. The van der Waals surface area contributed by atoms with Gasteiger partial charge in [-0.15, -0.1) is 5.10 Å². The third kappa shape index (κ3) is 2.43. The highest BCUT2D eigenvalue weighted by Crippen LogP contribution is 2.15. The van der Waals surface area contributed by atoms with Crippen molar-refractivity contribution in [3.63, 3.8) is 0 Å². The van der Waals surface area contributed by atoms with Crippen LogP contribution in [0.1, 0.15) is 5.56 Å². The summed E-state index contributed by atoms with van der Waals surface area (Å²) >= 11 is 5.59. The first kappa shape index (κ1) is 10.3. The zero-order chi connectivity index (χ0) is 11.4. The summed E-state index contributed by atoms with van der Waals surface area (Å²) < 4.78 is 0. The molecule has 0 saturated heterocycles. The zero-order valence-corrected chi connectivity index (χ0v) is 8.81. The number of nitriles is 1. The van der Waals surface area contributed by atoms with Gasteiger partial charge in [0.1, 0.15) is 0 Å². The highest BCUT2D eigenvalue weighted by atomic mass is 35.5. The van der Waals surface area contributed by atoms with Gasteiger partial charge < -0.3 is 5.32 Å². The molecule has 0 radical (unpaired) electrons. The van der Waals surface area contributed by atoms with E-state index in [0.29, 0.717) is 11.4 Å². The SMILES string of the molecule is N#Cc1cccc(Nc2cnnc(Cl)n2)c1. The van der Waals surface area contributed by atoms with Crippen LogP contribution in [0.2, 0.25) is 5.28 Å². The van der Waals surface area contributed by atoms with Gasteiger partial charge in [0.2, 0.25) is 5.28 Å². The summed E-state index contributed by atoms with van der Waals surface area (Å²) in [5.41, 5.74) is 1.31. The molecular formula is C10H6ClN5. The summed E-state index contributed by atoms with van der Waals surface area (Å²) in [6.07, 6.45) is 1.45. The molecule has 0 aliphatic rings. The molecule has 0 unspecified atom stereocenters. The number of hydrogen-bond donors (Lipinski definition) is 1. The number of halogens is 1. The van der Waals surface area contributed by atoms with Crippen molar-refractivity contribution in [1.82, 2.24) is 15.2 Å². The molecule has 1 heterocycles. The molecule has 0 saturated carbocycles. The molecule has 2 aromatic rings. The number of nitrogens with zero attached hydrogens (tertiary/aromatic N) is 4. The van der Waals surface area contributed by atoms with Crippen LogP contribution in [-0.2, 0) is 0 Å². The largest absolute Gasteiger partial charge is 0.339 e. The summed E-state index contributed by atoms with van der Waals surface area (Å²) in [6, 6.07) is 9.06. The standard InChI is InChI=1S/C10H6ClN5/c11-10-15-9(6-13-16-10)14-8-3-1-2-7(4-8)5-12/h1-4,6H,(H,14,15,16). The fourth-order valence-electron chi connectivity index (χ4n) is 1.16. The third-order valence-electron chi connectivity index (χ3n) is 1.80. The Morgan fingerprint density at radius 3 is 3.00 bits per heavy atom. The predicted octanol–water partition coefficient (Wildman–Crippen LogP) is 2.14. The van der Waals surface area contributed by atoms with Crippen LogP contribution >= 0.6 is 11.6 Å². The number of rotatable bonds is 2. The minimum absolute atomic E-state index is 0.0708. The van der Waals surface area contributed by atoms with Gasteiger partial charge >= 0.3 is 0 Å². The van der Waals surface area contributed by atoms with Crippen LogP contribution in [0.25, 0.3) is 0 Å². The van der Waals surface area contributed by atoms with Gasteiger partial charge in [0.05, 0.1) is 17.8 Å². The minimum atomic E-state index is 0.0708. The zero-order valence-electron chi connectivity index (χ0n) is 8.05. The van der Waals surface area contributed by atoms with Crippen LogP contribution in [0.15, 0.2) is 30.5 Å². The number of hydrogen-bond acceptors (Lipinski definition) is 5. The van der Waals surface area contributed by atoms with E-state index in [1.165, 1.54) is 6.20 Å². The van der Waals surface area contributed by atoms with E-state index >= 15 is 0 Å². The first-order valence-electron chi connectivity index (χ1n) is 4.40. The van der Waals surface area contributed by atoms with Crippen LogP contribution < -0.4 is 5.32 Å². The van der Waals surface area contributed by atoms with Crippen molar-refractivity contribution < 1.29 is 0 Å². The molecule has 0 aliphatic carbocycles. The Morgan fingerprint density at radius 2 is 2.25 bits per heavy atom. The molecule has 16 heavy (non-hydrogen) atoms. The molecule has 1 aromatic carbocycles. The van der Waals surface area contributed by atoms with E-state index in [1.54, 1.807) is 18.2 Å². The van der Waals surface area contributed by atoms with E-state index in [2.05, 4.69) is 26.6 Å². The maximum Gasteiger partial charge on any atom is 0.244 e. The van der Waals surface area contributed by atoms with Gasteiger partial charge in [-0.25, -0.2) is 0 Å². The Kier molecular flexibility index (Phi) is 2.94. The molecule has 0 spiro atoms. The highest BCUT2D eigenvalue weighted by Gasteiger charge is 1.99. The normalized spacial score (nSPS) is 9.50. The van der Waals surface area contributed by atoms with E-state index in [-0.39, 0.29) is 5.28 Å². The van der Waals surface area contributed by atoms with E-state index in [1.807, 2.05) is 6.07 Å². The maximum atomic E-state index is 8.74. The maximum absolute atomic E-state index is 8.74. The van der Waals surface area contributed by atoms with Gasteiger partial charge in [0.15, 0.2) is 5.82 Å². The number of nitrogens with one attached hydrogen (secondary N) is 1. The second-order valence-electron chi connectivity index (χ2n) is 2.93. The van der Waals surface area contributed by atoms with Gasteiger partial charge in [0, 0.05) is 5.69 Å². The number of anilines is 2. The molecule has 5 nitrogen and oxygen atoms in total. The van der Waals surface area contributed by atoms with Crippen LogP contribution in [0.5, 0.6) is 0 Å². The Hall–Kier alpha value is -2.19. The van der Waals surface area contributed by atoms with E-state index in [9.17, 15) is 0 Å². The molecule has 0 amide bonds. The van der Waals surface area contributed by atoms with Crippen molar-refractivity contribution in [2.24, 2.45) is 0 Å². The van der Waals surface area contributed by atoms with Gasteiger partial charge in [-0.05, 0) is 29.8 Å². The van der Waals surface area contributed by atoms with Crippen LogP contribution in [0.3, 0.4) is 0 Å². The van der Waals surface area contributed by atoms with Crippen molar-refractivity contribution in [2.45, 2.75) is 0 Å². The Labute approximate surface area is 96.7 Å². The number of benzene rings is 1. The Balaban J connectivity index is 2.24. The fourth-order valence-corrected chi connectivity index (χ4v) is 1.29. The van der Waals surface area contributed by atoms with Crippen molar-refractivity contribution in [2.75, 3.05) is 5.32 Å². The average Bonchev–Trinajstić information content (AvgIpc) is 2.29. The quantitative estimate of drug-likeness (QED) is 0.857. The lowest BCUT2D eigenvalue weighted by molar-refractivity contribution is 0.974. The lowest BCUT2D eigenvalue weighted by Gasteiger charge is -2.04. The second kappa shape index (κ2) is 4.55. The molecule has 2 rings (SSSR count). The molecule has 0 fully saturated rings. The lowest BCUT2D eigenvalue weighted by atomic mass is 10.2. The average molecular weight is 232 g/mol. The molecule has 0 bridgehead atoms. The highest BCUT2D eigenvalue weighted by molar-refractivity contribution is 6.28. The Morgan fingerprint density at radius 1 is 1.38 bits per heavy atom. The summed E-state index contributed by atoms with van der Waals surface area (Å²) in [4.78, 5) is 3.92. The van der Waals surface area contributed by atoms with Crippen LogP contribution in [0, 0.1) is 11.3 Å². The van der Waals surface area contributed by atoms with Crippen molar-refractivity contribution in [1.29, 1.82) is 5.26 Å². The molecule has 6 heteroatoms. The molecule has 0 aliphatic heterocycles. The smallest absolute Gasteiger partial charge is 0.244 e. The lowest BCUT2D eigenvalue weighted by Crippen LogP contribution is -1.96. The van der Waals surface area contributed by atoms with Crippen molar-refractivity contribution >= 4 is 23.1 Å². The summed E-state index contributed by atoms with van der Waals surface area (Å²) in [5.74, 6) is 0.482. The summed E-state index contributed by atoms with van der Waals surface area (Å²) in [6.45, 7) is 0. The van der Waals surface area contributed by atoms with Crippen LogP contribution in [-0.4, -0.2) is 15.2 Å². The van der Waals surface area contributed by atoms with E-state index in [4.69, 9.17) is 16.9 Å². The molecule has 1 aromatic heterocycles. The van der Waals surface area contributed by atoms with E-state index < -0.39 is 0 Å². The van der Waals surface area contributed by atoms with Gasteiger partial charge in [-0.1, -0.05) is 6.07 Å². The van der Waals surface area contributed by atoms with Gasteiger partial charge in [-0.2, -0.15) is 15.3 Å². The third-order valence-corrected chi connectivity index (χ3v) is 1.96. The first-order chi connectivity index (χ1) is 7.78. The summed E-state index contributed by atoms with van der Waals surface area (Å²) in [5, 5.41) is 19.0. The molecule has 1 N–H and O–H groups in total. The molecular weight excluding hydrogens is 226 g/mol. The first-order valence-corrected chi connectivity index (χ1v) is 4.78.